The highest BCUT2D eigenvalue weighted by molar-refractivity contribution is 5.78. The Bertz CT molecular complexity index is 517. The third kappa shape index (κ3) is 2.08. The zero-order valence-corrected chi connectivity index (χ0v) is 11.4. The highest BCUT2D eigenvalue weighted by Crippen LogP contribution is 2.23. The number of rotatable bonds is 5. The number of para-hydroxylation sites is 2. The summed E-state index contributed by atoms with van der Waals surface area (Å²) in [6.07, 6.45) is 1.98. The third-order valence-corrected chi connectivity index (χ3v) is 3.91. The van der Waals surface area contributed by atoms with E-state index in [1.165, 1.54) is 0 Å². The Morgan fingerprint density at radius 2 is 1.94 bits per heavy atom. The molecule has 0 atom stereocenters. The van der Waals surface area contributed by atoms with Gasteiger partial charge >= 0.3 is 0 Å². The maximum absolute atomic E-state index is 5.92. The van der Waals surface area contributed by atoms with Crippen LogP contribution in [-0.2, 0) is 7.05 Å². The van der Waals surface area contributed by atoms with E-state index in [1.807, 2.05) is 25.2 Å². The number of fused-ring (bicyclic) bond motifs is 1. The molecule has 0 aliphatic rings. The van der Waals surface area contributed by atoms with Crippen molar-refractivity contribution in [1.82, 2.24) is 9.55 Å². The average Bonchev–Trinajstić information content (AvgIpc) is 2.73. The number of nitrogens with zero attached hydrogens (tertiary/aromatic N) is 2. The van der Waals surface area contributed by atoms with E-state index >= 15 is 0 Å². The van der Waals surface area contributed by atoms with Gasteiger partial charge in [0.1, 0.15) is 0 Å². The van der Waals surface area contributed by atoms with Crippen LogP contribution < -0.4 is 11.1 Å². The number of hydrogen-bond donors (Lipinski definition) is 2. The molecule has 0 unspecified atom stereocenters. The number of aromatic nitrogens is 2. The summed E-state index contributed by atoms with van der Waals surface area (Å²) in [4.78, 5) is 4.64. The Balaban J connectivity index is 2.39. The Morgan fingerprint density at radius 1 is 1.28 bits per heavy atom. The molecule has 0 saturated heterocycles. The molecule has 1 aromatic carbocycles. The zero-order chi connectivity index (χ0) is 13.2. The van der Waals surface area contributed by atoms with Gasteiger partial charge in [-0.1, -0.05) is 26.0 Å². The third-order valence-electron chi connectivity index (χ3n) is 3.91. The SMILES string of the molecule is CCC(CC)(CN)Nc1nc2ccccc2n1C. The molecule has 4 nitrogen and oxygen atoms in total. The maximum Gasteiger partial charge on any atom is 0.204 e. The lowest BCUT2D eigenvalue weighted by molar-refractivity contribution is 0.440. The van der Waals surface area contributed by atoms with Crippen LogP contribution in [0.4, 0.5) is 5.95 Å². The molecule has 4 heteroatoms. The van der Waals surface area contributed by atoms with Crippen molar-refractivity contribution >= 4 is 17.0 Å². The summed E-state index contributed by atoms with van der Waals surface area (Å²) >= 11 is 0. The minimum atomic E-state index is -0.0604. The first-order valence-electron chi connectivity index (χ1n) is 6.55. The van der Waals surface area contributed by atoms with Crippen molar-refractivity contribution in [3.63, 3.8) is 0 Å². The van der Waals surface area contributed by atoms with Gasteiger partial charge in [0.15, 0.2) is 0 Å². The maximum atomic E-state index is 5.92. The van der Waals surface area contributed by atoms with E-state index < -0.39 is 0 Å². The van der Waals surface area contributed by atoms with Gasteiger partial charge in [-0.15, -0.1) is 0 Å². The van der Waals surface area contributed by atoms with Crippen molar-refractivity contribution in [3.05, 3.63) is 24.3 Å². The van der Waals surface area contributed by atoms with Crippen LogP contribution in [0.5, 0.6) is 0 Å². The van der Waals surface area contributed by atoms with Gasteiger partial charge in [0.05, 0.1) is 16.6 Å². The van der Waals surface area contributed by atoms with Gasteiger partial charge in [-0.3, -0.25) is 0 Å². The fraction of sp³-hybridized carbons (Fsp3) is 0.500. The quantitative estimate of drug-likeness (QED) is 0.852. The van der Waals surface area contributed by atoms with Crippen LogP contribution >= 0.6 is 0 Å². The summed E-state index contributed by atoms with van der Waals surface area (Å²) in [5.74, 6) is 0.894. The molecule has 3 N–H and O–H groups in total. The van der Waals surface area contributed by atoms with E-state index in [1.54, 1.807) is 0 Å². The molecule has 0 radical (unpaired) electrons. The zero-order valence-electron chi connectivity index (χ0n) is 11.4. The molecule has 0 amide bonds. The summed E-state index contributed by atoms with van der Waals surface area (Å²) in [5.41, 5.74) is 8.01. The van der Waals surface area contributed by atoms with Gasteiger partial charge in [0.2, 0.25) is 5.95 Å². The Labute approximate surface area is 108 Å². The van der Waals surface area contributed by atoms with Crippen LogP contribution in [0, 0.1) is 0 Å². The molecule has 0 saturated carbocycles. The summed E-state index contributed by atoms with van der Waals surface area (Å²) < 4.78 is 2.09. The monoisotopic (exact) mass is 246 g/mol. The Kier molecular flexibility index (Phi) is 3.57. The molecule has 18 heavy (non-hydrogen) atoms. The number of benzene rings is 1. The van der Waals surface area contributed by atoms with Crippen LogP contribution in [0.3, 0.4) is 0 Å². The highest BCUT2D eigenvalue weighted by Gasteiger charge is 2.25. The highest BCUT2D eigenvalue weighted by atomic mass is 15.2. The van der Waals surface area contributed by atoms with Crippen molar-refractivity contribution in [1.29, 1.82) is 0 Å². The fourth-order valence-electron chi connectivity index (χ4n) is 2.26. The van der Waals surface area contributed by atoms with Crippen LogP contribution in [0.15, 0.2) is 24.3 Å². The van der Waals surface area contributed by atoms with E-state index in [4.69, 9.17) is 5.73 Å². The number of anilines is 1. The van der Waals surface area contributed by atoms with Crippen molar-refractivity contribution in [2.24, 2.45) is 12.8 Å². The van der Waals surface area contributed by atoms with E-state index in [-0.39, 0.29) is 5.54 Å². The number of hydrogen-bond acceptors (Lipinski definition) is 3. The lowest BCUT2D eigenvalue weighted by Crippen LogP contribution is -2.45. The Hall–Kier alpha value is -1.55. The van der Waals surface area contributed by atoms with Crippen LogP contribution in [0.1, 0.15) is 26.7 Å². The minimum absolute atomic E-state index is 0.0604. The van der Waals surface area contributed by atoms with Gasteiger partial charge in [-0.05, 0) is 25.0 Å². The molecule has 0 aliphatic carbocycles. The molecule has 0 aliphatic heterocycles. The normalized spacial score (nSPS) is 12.0. The van der Waals surface area contributed by atoms with Gasteiger partial charge < -0.3 is 15.6 Å². The second kappa shape index (κ2) is 4.98. The van der Waals surface area contributed by atoms with Gasteiger partial charge in [-0.25, -0.2) is 4.98 Å². The second-order valence-electron chi connectivity index (χ2n) is 4.80. The number of imidazole rings is 1. The van der Waals surface area contributed by atoms with Crippen LogP contribution in [0.2, 0.25) is 0 Å². The molecule has 1 heterocycles. The smallest absolute Gasteiger partial charge is 0.204 e. The largest absolute Gasteiger partial charge is 0.349 e. The predicted octanol–water partition coefficient (Wildman–Crippen LogP) is 2.50. The number of nitrogens with two attached hydrogens (primary N) is 1. The fourth-order valence-corrected chi connectivity index (χ4v) is 2.26. The summed E-state index contributed by atoms with van der Waals surface area (Å²) in [6, 6.07) is 8.15. The van der Waals surface area contributed by atoms with E-state index in [0.29, 0.717) is 6.54 Å². The first kappa shape index (κ1) is 12.9. The van der Waals surface area contributed by atoms with Gasteiger partial charge in [0, 0.05) is 13.6 Å². The molecule has 2 rings (SSSR count). The minimum Gasteiger partial charge on any atom is -0.349 e. The predicted molar refractivity (Wildman–Crippen MR) is 76.7 cm³/mol. The van der Waals surface area contributed by atoms with Crippen molar-refractivity contribution in [3.8, 4) is 0 Å². The summed E-state index contributed by atoms with van der Waals surface area (Å²) in [6.45, 7) is 4.93. The van der Waals surface area contributed by atoms with E-state index in [2.05, 4.69) is 34.8 Å². The average molecular weight is 246 g/mol. The summed E-state index contributed by atoms with van der Waals surface area (Å²) in [5, 5.41) is 3.53. The number of nitrogens with one attached hydrogen (secondary N) is 1. The first-order chi connectivity index (χ1) is 8.65. The molecule has 0 spiro atoms. The van der Waals surface area contributed by atoms with Crippen LogP contribution in [-0.4, -0.2) is 21.6 Å². The lowest BCUT2D eigenvalue weighted by atomic mass is 9.93. The molecule has 1 aromatic heterocycles. The molecular formula is C14H22N4. The number of aryl methyl sites for hydroxylation is 1. The van der Waals surface area contributed by atoms with Crippen molar-refractivity contribution in [2.75, 3.05) is 11.9 Å². The second-order valence-corrected chi connectivity index (χ2v) is 4.80. The standard InChI is InChI=1S/C14H22N4/c1-4-14(5-2,10-15)17-13-16-11-8-6-7-9-12(11)18(13)3/h6-9H,4-5,10,15H2,1-3H3,(H,16,17). The van der Waals surface area contributed by atoms with Crippen LogP contribution in [0.25, 0.3) is 11.0 Å². The topological polar surface area (TPSA) is 55.9 Å². The molecular weight excluding hydrogens is 224 g/mol. The molecule has 2 aromatic rings. The van der Waals surface area contributed by atoms with E-state index in [0.717, 1.165) is 29.8 Å². The molecule has 0 bridgehead atoms. The Morgan fingerprint density at radius 3 is 2.50 bits per heavy atom. The van der Waals surface area contributed by atoms with Crippen molar-refractivity contribution in [2.45, 2.75) is 32.2 Å². The van der Waals surface area contributed by atoms with E-state index in [9.17, 15) is 0 Å². The summed E-state index contributed by atoms with van der Waals surface area (Å²) in [7, 11) is 2.03. The van der Waals surface area contributed by atoms with Crippen molar-refractivity contribution < 1.29 is 0 Å². The first-order valence-corrected chi connectivity index (χ1v) is 6.55. The molecule has 0 fully saturated rings. The molecule has 98 valence electrons. The van der Waals surface area contributed by atoms with Gasteiger partial charge in [-0.2, -0.15) is 0 Å². The lowest BCUT2D eigenvalue weighted by Gasteiger charge is -2.31. The van der Waals surface area contributed by atoms with Gasteiger partial charge in [0.25, 0.3) is 0 Å².